The molecular formula is C13H21N3O2S. The number of pyridine rings is 1. The molecule has 0 radical (unpaired) electrons. The number of hydrogen-bond acceptors (Lipinski definition) is 4. The zero-order valence-corrected chi connectivity index (χ0v) is 13.1. The van der Waals surface area contributed by atoms with Gasteiger partial charge in [0.25, 0.3) is 0 Å². The van der Waals surface area contributed by atoms with Crippen molar-refractivity contribution < 1.29 is 9.00 Å². The van der Waals surface area contributed by atoms with E-state index in [1.807, 2.05) is 27.7 Å². The molecular weight excluding hydrogens is 262 g/mol. The Kier molecular flexibility index (Phi) is 4.35. The van der Waals surface area contributed by atoms with Crippen molar-refractivity contribution in [1.82, 2.24) is 4.98 Å². The summed E-state index contributed by atoms with van der Waals surface area (Å²) in [6, 6.07) is 3.46. The van der Waals surface area contributed by atoms with Crippen LogP contribution in [-0.4, -0.2) is 28.4 Å². The molecule has 1 aromatic heterocycles. The highest BCUT2D eigenvalue weighted by Crippen LogP contribution is 2.23. The Balaban J connectivity index is 3.32. The second-order valence-electron chi connectivity index (χ2n) is 5.49. The van der Waals surface area contributed by atoms with Crippen molar-refractivity contribution in [3.63, 3.8) is 0 Å². The van der Waals surface area contributed by atoms with Crippen LogP contribution in [0.5, 0.6) is 0 Å². The van der Waals surface area contributed by atoms with Crippen LogP contribution in [0.1, 0.15) is 26.5 Å². The quantitative estimate of drug-likeness (QED) is 0.906. The van der Waals surface area contributed by atoms with E-state index in [0.29, 0.717) is 10.7 Å². The van der Waals surface area contributed by atoms with Crippen molar-refractivity contribution in [3.8, 4) is 0 Å². The summed E-state index contributed by atoms with van der Waals surface area (Å²) in [5, 5.41) is 2.74. The van der Waals surface area contributed by atoms with Crippen LogP contribution in [0.2, 0.25) is 0 Å². The highest BCUT2D eigenvalue weighted by molar-refractivity contribution is 7.93. The van der Waals surface area contributed by atoms with Gasteiger partial charge in [-0.2, -0.15) is 0 Å². The minimum Gasteiger partial charge on any atom is -0.309 e. The molecule has 0 bridgehead atoms. The van der Waals surface area contributed by atoms with E-state index in [1.165, 1.54) is 13.3 Å². The van der Waals surface area contributed by atoms with Crippen molar-refractivity contribution in [1.29, 1.82) is 0 Å². The number of nitrogens with zero attached hydrogens (tertiary/aromatic N) is 2. The Morgan fingerprint density at radius 2 is 1.95 bits per heavy atom. The van der Waals surface area contributed by atoms with Gasteiger partial charge in [-0.25, -0.2) is 13.6 Å². The Bertz CT molecular complexity index is 609. The molecule has 1 unspecified atom stereocenters. The van der Waals surface area contributed by atoms with Crippen LogP contribution >= 0.6 is 0 Å². The minimum atomic E-state index is -2.54. The topological polar surface area (TPSA) is 71.4 Å². The highest BCUT2D eigenvalue weighted by Gasteiger charge is 2.24. The predicted octanol–water partition coefficient (Wildman–Crippen LogP) is 2.46. The smallest absolute Gasteiger partial charge is 0.230 e. The van der Waals surface area contributed by atoms with Gasteiger partial charge in [-0.3, -0.25) is 4.79 Å². The standard InChI is InChI=1S/C13H21N3O2S/c1-9-7-8-10(19(6,18)14-5)11(15-9)16-12(17)13(2,3)4/h7-8H,1-6H3,(H,15,16,17). The molecule has 5 nitrogen and oxygen atoms in total. The molecule has 19 heavy (non-hydrogen) atoms. The monoisotopic (exact) mass is 283 g/mol. The summed E-state index contributed by atoms with van der Waals surface area (Å²) in [5.74, 6) is 0.163. The average Bonchev–Trinajstić information content (AvgIpc) is 2.27. The normalized spacial score (nSPS) is 14.6. The molecule has 1 N–H and O–H groups in total. The van der Waals surface area contributed by atoms with Crippen LogP contribution in [0.4, 0.5) is 5.82 Å². The van der Waals surface area contributed by atoms with Gasteiger partial charge in [0.05, 0.1) is 14.6 Å². The second kappa shape index (κ2) is 5.28. The van der Waals surface area contributed by atoms with Crippen LogP contribution in [0, 0.1) is 12.3 Å². The summed E-state index contributed by atoms with van der Waals surface area (Å²) in [6.45, 7) is 7.25. The molecule has 0 aliphatic carbocycles. The Morgan fingerprint density at radius 3 is 2.42 bits per heavy atom. The zero-order valence-electron chi connectivity index (χ0n) is 12.3. The number of amides is 1. The SMILES string of the molecule is CN=S(C)(=O)c1ccc(C)nc1NC(=O)C(C)(C)C. The molecule has 0 saturated heterocycles. The van der Waals surface area contributed by atoms with Gasteiger partial charge in [0.2, 0.25) is 5.91 Å². The summed E-state index contributed by atoms with van der Waals surface area (Å²) < 4.78 is 16.2. The molecule has 1 amide bonds. The summed E-state index contributed by atoms with van der Waals surface area (Å²) in [7, 11) is -1.04. The second-order valence-corrected chi connectivity index (χ2v) is 7.90. The van der Waals surface area contributed by atoms with Gasteiger partial charge in [-0.15, -0.1) is 0 Å². The third-order valence-electron chi connectivity index (χ3n) is 2.67. The number of nitrogens with one attached hydrogen (secondary N) is 1. The number of carbonyl (C=O) groups is 1. The molecule has 0 aromatic carbocycles. The lowest BCUT2D eigenvalue weighted by molar-refractivity contribution is -0.123. The van der Waals surface area contributed by atoms with Gasteiger partial charge in [0, 0.05) is 24.4 Å². The van der Waals surface area contributed by atoms with Crippen molar-refractivity contribution in [2.45, 2.75) is 32.6 Å². The van der Waals surface area contributed by atoms with Crippen LogP contribution in [0.3, 0.4) is 0 Å². The van der Waals surface area contributed by atoms with E-state index in [9.17, 15) is 9.00 Å². The van der Waals surface area contributed by atoms with E-state index in [4.69, 9.17) is 0 Å². The lowest BCUT2D eigenvalue weighted by Crippen LogP contribution is -2.28. The van der Waals surface area contributed by atoms with Crippen molar-refractivity contribution in [2.24, 2.45) is 9.78 Å². The van der Waals surface area contributed by atoms with E-state index in [2.05, 4.69) is 14.7 Å². The zero-order chi connectivity index (χ0) is 14.8. The molecule has 0 saturated carbocycles. The molecule has 1 rings (SSSR count). The van der Waals surface area contributed by atoms with Crippen molar-refractivity contribution >= 4 is 21.5 Å². The average molecular weight is 283 g/mol. The summed E-state index contributed by atoms with van der Waals surface area (Å²) >= 11 is 0. The molecule has 106 valence electrons. The van der Waals surface area contributed by atoms with Gasteiger partial charge in [0.1, 0.15) is 5.82 Å². The fraction of sp³-hybridized carbons (Fsp3) is 0.538. The number of rotatable bonds is 2. The maximum absolute atomic E-state index is 12.4. The number of hydrogen-bond donors (Lipinski definition) is 1. The van der Waals surface area contributed by atoms with Crippen LogP contribution in [-0.2, 0) is 14.5 Å². The van der Waals surface area contributed by atoms with Gasteiger partial charge in [-0.05, 0) is 19.1 Å². The van der Waals surface area contributed by atoms with E-state index < -0.39 is 15.1 Å². The minimum absolute atomic E-state index is 0.168. The van der Waals surface area contributed by atoms with Crippen molar-refractivity contribution in [3.05, 3.63) is 17.8 Å². The number of carbonyl (C=O) groups excluding carboxylic acids is 1. The third-order valence-corrected chi connectivity index (χ3v) is 4.51. The third kappa shape index (κ3) is 3.76. The number of aryl methyl sites for hydroxylation is 1. The van der Waals surface area contributed by atoms with E-state index in [1.54, 1.807) is 12.1 Å². The molecule has 0 aliphatic rings. The first-order valence-electron chi connectivity index (χ1n) is 5.97. The molecule has 1 heterocycles. The van der Waals surface area contributed by atoms with Gasteiger partial charge < -0.3 is 5.32 Å². The maximum Gasteiger partial charge on any atom is 0.230 e. The van der Waals surface area contributed by atoms with E-state index in [-0.39, 0.29) is 5.91 Å². The van der Waals surface area contributed by atoms with Gasteiger partial charge in [0.15, 0.2) is 0 Å². The first kappa shape index (κ1) is 15.6. The van der Waals surface area contributed by atoms with Gasteiger partial charge >= 0.3 is 0 Å². The summed E-state index contributed by atoms with van der Waals surface area (Å²) in [4.78, 5) is 16.8. The van der Waals surface area contributed by atoms with Crippen LogP contribution in [0.15, 0.2) is 21.4 Å². The number of aromatic nitrogens is 1. The molecule has 0 spiro atoms. The highest BCUT2D eigenvalue weighted by atomic mass is 32.2. The Hall–Kier alpha value is -1.43. The molecule has 0 aliphatic heterocycles. The predicted molar refractivity (Wildman–Crippen MR) is 77.7 cm³/mol. The maximum atomic E-state index is 12.4. The lowest BCUT2D eigenvalue weighted by Gasteiger charge is -2.19. The first-order chi connectivity index (χ1) is 8.58. The van der Waals surface area contributed by atoms with Crippen LogP contribution in [0.25, 0.3) is 0 Å². The Labute approximate surface area is 115 Å². The fourth-order valence-electron chi connectivity index (χ4n) is 1.33. The molecule has 0 fully saturated rings. The van der Waals surface area contributed by atoms with Gasteiger partial charge in [-0.1, -0.05) is 20.8 Å². The number of anilines is 1. The van der Waals surface area contributed by atoms with E-state index >= 15 is 0 Å². The summed E-state index contributed by atoms with van der Waals surface area (Å²) in [6.07, 6.45) is 1.53. The summed E-state index contributed by atoms with van der Waals surface area (Å²) in [5.41, 5.74) is 0.208. The van der Waals surface area contributed by atoms with Crippen molar-refractivity contribution in [2.75, 3.05) is 18.6 Å². The fourth-order valence-corrected chi connectivity index (χ4v) is 2.31. The van der Waals surface area contributed by atoms with Crippen LogP contribution < -0.4 is 5.32 Å². The van der Waals surface area contributed by atoms with E-state index in [0.717, 1.165) is 5.69 Å². The molecule has 6 heteroatoms. The largest absolute Gasteiger partial charge is 0.309 e. The first-order valence-corrected chi connectivity index (χ1v) is 7.89. The lowest BCUT2D eigenvalue weighted by atomic mass is 9.96. The Morgan fingerprint density at radius 1 is 1.37 bits per heavy atom. The molecule has 1 atom stereocenters. The molecule has 1 aromatic rings.